The normalized spacial score (nSPS) is 19.4. The van der Waals surface area contributed by atoms with Crippen LogP contribution in [0.3, 0.4) is 0 Å². The first kappa shape index (κ1) is 25.2. The number of anilines is 3. The number of nitrogens with one attached hydrogen (secondary N) is 5. The summed E-state index contributed by atoms with van der Waals surface area (Å²) in [6.45, 7) is 0.679. The van der Waals surface area contributed by atoms with Crippen molar-refractivity contribution in [2.45, 2.75) is 63.1 Å². The summed E-state index contributed by atoms with van der Waals surface area (Å²) in [5, 5.41) is 21.1. The Morgan fingerprint density at radius 2 is 1.76 bits per heavy atom. The summed E-state index contributed by atoms with van der Waals surface area (Å²) in [5.41, 5.74) is 2.30. The summed E-state index contributed by atoms with van der Waals surface area (Å²) in [6.07, 6.45) is 9.43. The van der Waals surface area contributed by atoms with Gasteiger partial charge in [-0.2, -0.15) is 0 Å². The maximum Gasteiger partial charge on any atom is 0.276 e. The molecule has 12 heteroatoms. The van der Waals surface area contributed by atoms with E-state index in [-0.39, 0.29) is 23.9 Å². The second-order valence-electron chi connectivity index (χ2n) is 9.68. The first-order valence-electron chi connectivity index (χ1n) is 12.8. The predicted octanol–water partition coefficient (Wildman–Crippen LogP) is 3.05. The Morgan fingerprint density at radius 3 is 2.49 bits per heavy atom. The van der Waals surface area contributed by atoms with Gasteiger partial charge in [-0.3, -0.25) is 9.59 Å². The van der Waals surface area contributed by atoms with Crippen molar-refractivity contribution in [1.82, 2.24) is 30.2 Å². The number of nitrogens with zero attached hydrogens (tertiary/aromatic N) is 4. The van der Waals surface area contributed by atoms with E-state index in [1.807, 2.05) is 13.1 Å². The molecule has 5 N–H and O–H groups in total. The largest absolute Gasteiger partial charge is 0.379 e. The van der Waals surface area contributed by atoms with Crippen molar-refractivity contribution < 1.29 is 9.59 Å². The van der Waals surface area contributed by atoms with E-state index in [4.69, 9.17) is 16.7 Å². The topological polar surface area (TPSA) is 137 Å². The number of fused-ring (bicyclic) bond motifs is 1. The molecule has 0 unspecified atom stereocenters. The quantitative estimate of drug-likeness (QED) is 0.255. The van der Waals surface area contributed by atoms with Crippen LogP contribution in [0.5, 0.6) is 0 Å². The van der Waals surface area contributed by atoms with Crippen LogP contribution in [-0.4, -0.2) is 63.1 Å². The minimum absolute atomic E-state index is 0.0913. The monoisotopic (exact) mass is 525 g/mol. The molecule has 3 aromatic heterocycles. The van der Waals surface area contributed by atoms with E-state index >= 15 is 0 Å². The van der Waals surface area contributed by atoms with Crippen LogP contribution in [0.4, 0.5) is 17.2 Å². The first-order chi connectivity index (χ1) is 18.0. The highest BCUT2D eigenvalue weighted by atomic mass is 35.5. The molecule has 2 aliphatic carbocycles. The van der Waals surface area contributed by atoms with Gasteiger partial charge in [0.05, 0.1) is 11.9 Å². The van der Waals surface area contributed by atoms with Gasteiger partial charge in [0.2, 0.25) is 5.91 Å². The van der Waals surface area contributed by atoms with Gasteiger partial charge in [0, 0.05) is 49.0 Å². The predicted molar refractivity (Wildman–Crippen MR) is 143 cm³/mol. The number of hydrogen-bond donors (Lipinski definition) is 5. The molecule has 37 heavy (non-hydrogen) atoms. The van der Waals surface area contributed by atoms with Gasteiger partial charge in [-0.25, -0.2) is 14.5 Å². The number of halogens is 1. The van der Waals surface area contributed by atoms with E-state index in [0.29, 0.717) is 47.0 Å². The molecule has 3 heterocycles. The van der Waals surface area contributed by atoms with Gasteiger partial charge < -0.3 is 26.6 Å². The third-order valence-corrected chi connectivity index (χ3v) is 6.87. The molecule has 0 bridgehead atoms. The van der Waals surface area contributed by atoms with Gasteiger partial charge in [0.25, 0.3) is 5.91 Å². The standard InChI is InChI=1S/C25H32ClN9O2/c1-27-10-9-23(36)32-17-6-4-16(5-7-17)31-22-13-19(30-15-2-3-15)24-29-14-20(35(24)34-22)25(37)33-18-8-11-28-21(26)12-18/h8,11-17,27,30H,2-7,9-10H2,1H3,(H,31,34)(H,32,36)(H,28,33,37)/t16-,17-. The lowest BCUT2D eigenvalue weighted by molar-refractivity contribution is -0.121. The third-order valence-electron chi connectivity index (χ3n) is 6.67. The number of rotatable bonds is 10. The van der Waals surface area contributed by atoms with Crippen LogP contribution in [0.1, 0.15) is 55.4 Å². The van der Waals surface area contributed by atoms with Gasteiger partial charge in [0.15, 0.2) is 11.3 Å². The zero-order valence-corrected chi connectivity index (χ0v) is 21.5. The second kappa shape index (κ2) is 11.3. The fraction of sp³-hybridized carbons (Fsp3) is 0.480. The number of imidazole rings is 1. The lowest BCUT2D eigenvalue weighted by Gasteiger charge is -2.30. The van der Waals surface area contributed by atoms with Crippen molar-refractivity contribution in [3.8, 4) is 0 Å². The molecule has 0 atom stereocenters. The number of carbonyl (C=O) groups is 2. The van der Waals surface area contributed by atoms with E-state index in [2.05, 4.69) is 36.6 Å². The summed E-state index contributed by atoms with van der Waals surface area (Å²) in [7, 11) is 1.84. The molecule has 196 valence electrons. The molecule has 0 radical (unpaired) electrons. The molecule has 5 rings (SSSR count). The van der Waals surface area contributed by atoms with Crippen LogP contribution >= 0.6 is 11.6 Å². The zero-order valence-electron chi connectivity index (χ0n) is 20.8. The summed E-state index contributed by atoms with van der Waals surface area (Å²) >= 11 is 5.96. The van der Waals surface area contributed by atoms with Crippen molar-refractivity contribution in [1.29, 1.82) is 0 Å². The van der Waals surface area contributed by atoms with E-state index in [9.17, 15) is 9.59 Å². The van der Waals surface area contributed by atoms with Crippen LogP contribution in [0.15, 0.2) is 30.6 Å². The molecule has 2 saturated carbocycles. The SMILES string of the molecule is CNCCC(=O)N[C@H]1CC[C@H](Nc2cc(NC3CC3)c3ncc(C(=O)Nc4ccnc(Cl)c4)n3n2)CC1. The molecule has 0 spiro atoms. The highest BCUT2D eigenvalue weighted by molar-refractivity contribution is 6.29. The maximum absolute atomic E-state index is 13.1. The Kier molecular flexibility index (Phi) is 7.71. The average Bonchev–Trinajstić information content (AvgIpc) is 3.59. The lowest BCUT2D eigenvalue weighted by atomic mass is 9.91. The van der Waals surface area contributed by atoms with Gasteiger partial charge >= 0.3 is 0 Å². The van der Waals surface area contributed by atoms with Crippen LogP contribution in [-0.2, 0) is 4.79 Å². The average molecular weight is 526 g/mol. The fourth-order valence-electron chi connectivity index (χ4n) is 4.55. The molecule has 3 aromatic rings. The maximum atomic E-state index is 13.1. The highest BCUT2D eigenvalue weighted by Crippen LogP contribution is 2.30. The van der Waals surface area contributed by atoms with Crippen molar-refractivity contribution in [2.24, 2.45) is 0 Å². The Hall–Kier alpha value is -3.44. The van der Waals surface area contributed by atoms with Gasteiger partial charge in [-0.15, -0.1) is 5.10 Å². The molecule has 0 saturated heterocycles. The van der Waals surface area contributed by atoms with Crippen molar-refractivity contribution in [3.63, 3.8) is 0 Å². The number of amides is 2. The third kappa shape index (κ3) is 6.47. The van der Waals surface area contributed by atoms with Crippen molar-refractivity contribution in [3.05, 3.63) is 41.4 Å². The number of carbonyl (C=O) groups excluding carboxylic acids is 2. The van der Waals surface area contributed by atoms with Crippen LogP contribution in [0.2, 0.25) is 5.15 Å². The first-order valence-corrected chi connectivity index (χ1v) is 13.1. The van der Waals surface area contributed by atoms with Gasteiger partial charge in [-0.1, -0.05) is 11.6 Å². The minimum atomic E-state index is -0.341. The van der Waals surface area contributed by atoms with E-state index in [1.165, 1.54) is 12.4 Å². The number of aromatic nitrogens is 4. The summed E-state index contributed by atoms with van der Waals surface area (Å²) in [4.78, 5) is 33.6. The molecular formula is C25H32ClN9O2. The van der Waals surface area contributed by atoms with E-state index in [1.54, 1.807) is 16.6 Å². The van der Waals surface area contributed by atoms with Crippen LogP contribution in [0.25, 0.3) is 5.65 Å². The zero-order chi connectivity index (χ0) is 25.8. The van der Waals surface area contributed by atoms with Crippen LogP contribution in [0, 0.1) is 0 Å². The Balaban J connectivity index is 1.30. The summed E-state index contributed by atoms with van der Waals surface area (Å²) < 4.78 is 1.58. The Bertz CT molecular complexity index is 1270. The molecule has 0 aliphatic heterocycles. The summed E-state index contributed by atoms with van der Waals surface area (Å²) in [6, 6.07) is 6.07. The van der Waals surface area contributed by atoms with Gasteiger partial charge in [-0.05, 0) is 57.7 Å². The highest BCUT2D eigenvalue weighted by Gasteiger charge is 2.26. The van der Waals surface area contributed by atoms with Gasteiger partial charge in [0.1, 0.15) is 11.0 Å². The molecule has 2 aliphatic rings. The molecule has 11 nitrogen and oxygen atoms in total. The Labute approximate surface area is 220 Å². The molecular weight excluding hydrogens is 494 g/mol. The summed E-state index contributed by atoms with van der Waals surface area (Å²) in [5.74, 6) is 0.427. The minimum Gasteiger partial charge on any atom is -0.379 e. The number of pyridine rings is 1. The van der Waals surface area contributed by atoms with E-state index < -0.39 is 0 Å². The molecule has 2 fully saturated rings. The van der Waals surface area contributed by atoms with Crippen LogP contribution < -0.4 is 26.6 Å². The molecule has 2 amide bonds. The van der Waals surface area contributed by atoms with E-state index in [0.717, 1.165) is 44.2 Å². The second-order valence-corrected chi connectivity index (χ2v) is 10.1. The molecule has 0 aromatic carbocycles. The van der Waals surface area contributed by atoms with Crippen molar-refractivity contribution in [2.75, 3.05) is 29.5 Å². The Morgan fingerprint density at radius 1 is 1.03 bits per heavy atom. The van der Waals surface area contributed by atoms with Crippen molar-refractivity contribution >= 4 is 46.3 Å². The smallest absolute Gasteiger partial charge is 0.276 e. The number of hydrogen-bond acceptors (Lipinski definition) is 8. The fourth-order valence-corrected chi connectivity index (χ4v) is 4.73. The lowest BCUT2D eigenvalue weighted by Crippen LogP contribution is -2.40.